The molecule has 0 radical (unpaired) electrons. The van der Waals surface area contributed by atoms with Crippen molar-refractivity contribution >= 4 is 39.3 Å². The number of amides is 1. The van der Waals surface area contributed by atoms with Crippen molar-refractivity contribution in [1.29, 1.82) is 0 Å². The van der Waals surface area contributed by atoms with Gasteiger partial charge in [-0.25, -0.2) is 4.98 Å². The number of nitrogens with zero attached hydrogens (tertiary/aromatic N) is 3. The lowest BCUT2D eigenvalue weighted by Gasteiger charge is -2.31. The summed E-state index contributed by atoms with van der Waals surface area (Å²) < 4.78 is 0.805. The average Bonchev–Trinajstić information content (AvgIpc) is 2.32. The van der Waals surface area contributed by atoms with Gasteiger partial charge in [-0.3, -0.25) is 4.79 Å². The molecule has 1 aromatic heterocycles. The molecule has 7 heteroatoms. The van der Waals surface area contributed by atoms with Crippen molar-refractivity contribution in [1.82, 2.24) is 9.97 Å². The largest absolute Gasteiger partial charge is 0.369 e. The van der Waals surface area contributed by atoms with E-state index < -0.39 is 0 Å². The Morgan fingerprint density at radius 2 is 2.18 bits per heavy atom. The summed E-state index contributed by atoms with van der Waals surface area (Å²) in [6, 6.07) is 0. The van der Waals surface area contributed by atoms with Crippen molar-refractivity contribution in [2.24, 2.45) is 11.7 Å². The number of nitrogens with two attached hydrogens (primary N) is 1. The second-order valence-corrected chi connectivity index (χ2v) is 5.17. The Morgan fingerprint density at radius 1 is 1.53 bits per heavy atom. The van der Waals surface area contributed by atoms with Crippen LogP contribution in [0.4, 0.5) is 5.82 Å². The minimum atomic E-state index is -0.218. The lowest BCUT2D eigenvalue weighted by Crippen LogP contribution is -2.39. The van der Waals surface area contributed by atoms with E-state index in [9.17, 15) is 4.79 Å². The quantitative estimate of drug-likeness (QED) is 0.840. The Bertz CT molecular complexity index is 434. The van der Waals surface area contributed by atoms with Gasteiger partial charge in [0.05, 0.1) is 4.47 Å². The van der Waals surface area contributed by atoms with Gasteiger partial charge in [0.25, 0.3) is 0 Å². The summed E-state index contributed by atoms with van der Waals surface area (Å²) >= 11 is 9.16. The molecule has 92 valence electrons. The van der Waals surface area contributed by atoms with E-state index in [0.717, 1.165) is 36.2 Å². The highest BCUT2D eigenvalue weighted by Gasteiger charge is 2.25. The molecule has 0 aliphatic carbocycles. The molecule has 0 bridgehead atoms. The fraction of sp³-hybridized carbons (Fsp3) is 0.500. The van der Waals surface area contributed by atoms with Gasteiger partial charge in [-0.15, -0.1) is 0 Å². The Hall–Kier alpha value is -0.880. The van der Waals surface area contributed by atoms with E-state index in [4.69, 9.17) is 17.3 Å². The maximum absolute atomic E-state index is 11.1. The molecule has 0 saturated carbocycles. The highest BCUT2D eigenvalue weighted by molar-refractivity contribution is 9.10. The molecule has 2 rings (SSSR count). The van der Waals surface area contributed by atoms with Crippen molar-refractivity contribution in [2.75, 3.05) is 18.0 Å². The van der Waals surface area contributed by atoms with Crippen LogP contribution in [0.25, 0.3) is 0 Å². The lowest BCUT2D eigenvalue weighted by atomic mass is 9.96. The van der Waals surface area contributed by atoms with E-state index in [1.165, 1.54) is 0 Å². The predicted molar refractivity (Wildman–Crippen MR) is 68.9 cm³/mol. The van der Waals surface area contributed by atoms with Crippen LogP contribution in [0.2, 0.25) is 5.28 Å². The number of primary amides is 1. The number of anilines is 1. The second kappa shape index (κ2) is 5.18. The van der Waals surface area contributed by atoms with Crippen LogP contribution in [0.15, 0.2) is 10.7 Å². The number of carbonyl (C=O) groups is 1. The number of aromatic nitrogens is 2. The van der Waals surface area contributed by atoms with Crippen LogP contribution in [-0.4, -0.2) is 29.0 Å². The number of halogens is 2. The molecule has 0 atom stereocenters. The molecule has 1 saturated heterocycles. The van der Waals surface area contributed by atoms with E-state index in [-0.39, 0.29) is 17.1 Å². The lowest BCUT2D eigenvalue weighted by molar-refractivity contribution is -0.122. The molecule has 1 aromatic rings. The Morgan fingerprint density at radius 3 is 2.76 bits per heavy atom. The molecular weight excluding hydrogens is 307 g/mol. The van der Waals surface area contributed by atoms with Gasteiger partial charge in [-0.05, 0) is 40.4 Å². The van der Waals surface area contributed by atoms with Crippen LogP contribution in [0.5, 0.6) is 0 Å². The molecule has 0 unspecified atom stereocenters. The summed E-state index contributed by atoms with van der Waals surface area (Å²) in [5, 5.41) is 0.222. The first kappa shape index (κ1) is 12.6. The predicted octanol–water partition coefficient (Wildman–Crippen LogP) is 1.59. The first-order valence-electron chi connectivity index (χ1n) is 5.30. The Balaban J connectivity index is 2.10. The molecule has 1 fully saturated rings. The smallest absolute Gasteiger partial charge is 0.224 e. The number of hydrogen-bond acceptors (Lipinski definition) is 4. The number of carbonyl (C=O) groups excluding carboxylic acids is 1. The van der Waals surface area contributed by atoms with Gasteiger partial charge < -0.3 is 10.6 Å². The van der Waals surface area contributed by atoms with Crippen LogP contribution < -0.4 is 10.6 Å². The average molecular weight is 320 g/mol. The van der Waals surface area contributed by atoms with Gasteiger partial charge in [0, 0.05) is 25.2 Å². The summed E-state index contributed by atoms with van der Waals surface area (Å²) in [6.07, 6.45) is 3.14. The third-order valence-electron chi connectivity index (χ3n) is 2.89. The minimum absolute atomic E-state index is 0.0256. The van der Waals surface area contributed by atoms with E-state index in [1.807, 2.05) is 0 Å². The first-order valence-corrected chi connectivity index (χ1v) is 6.47. The summed E-state index contributed by atoms with van der Waals surface area (Å²) in [7, 11) is 0. The summed E-state index contributed by atoms with van der Waals surface area (Å²) in [5.74, 6) is 0.527. The zero-order valence-corrected chi connectivity index (χ0v) is 11.4. The normalized spacial score (nSPS) is 17.2. The van der Waals surface area contributed by atoms with Crippen LogP contribution in [0.3, 0.4) is 0 Å². The van der Waals surface area contributed by atoms with Gasteiger partial charge in [0.2, 0.25) is 11.2 Å². The zero-order chi connectivity index (χ0) is 12.4. The van der Waals surface area contributed by atoms with Crippen LogP contribution in [0, 0.1) is 5.92 Å². The minimum Gasteiger partial charge on any atom is -0.369 e. The van der Waals surface area contributed by atoms with E-state index in [2.05, 4.69) is 30.8 Å². The van der Waals surface area contributed by atoms with Crippen molar-refractivity contribution in [3.63, 3.8) is 0 Å². The number of rotatable bonds is 2. The number of piperidine rings is 1. The summed E-state index contributed by atoms with van der Waals surface area (Å²) in [4.78, 5) is 21.2. The molecule has 1 amide bonds. The maximum atomic E-state index is 11.1. The maximum Gasteiger partial charge on any atom is 0.224 e. The van der Waals surface area contributed by atoms with Gasteiger partial charge in [-0.1, -0.05) is 0 Å². The van der Waals surface area contributed by atoms with Crippen molar-refractivity contribution < 1.29 is 4.79 Å². The zero-order valence-electron chi connectivity index (χ0n) is 9.07. The Labute approximate surface area is 112 Å². The first-order chi connectivity index (χ1) is 8.08. The van der Waals surface area contributed by atoms with Gasteiger partial charge >= 0.3 is 0 Å². The van der Waals surface area contributed by atoms with Crippen molar-refractivity contribution in [2.45, 2.75) is 12.8 Å². The molecule has 1 aliphatic rings. The van der Waals surface area contributed by atoms with E-state index in [1.54, 1.807) is 6.20 Å². The Kier molecular flexibility index (Phi) is 3.83. The third-order valence-corrected chi connectivity index (χ3v) is 3.63. The summed E-state index contributed by atoms with van der Waals surface area (Å²) in [6.45, 7) is 1.50. The van der Waals surface area contributed by atoms with E-state index >= 15 is 0 Å². The fourth-order valence-electron chi connectivity index (χ4n) is 1.93. The highest BCUT2D eigenvalue weighted by Crippen LogP contribution is 2.28. The highest BCUT2D eigenvalue weighted by atomic mass is 79.9. The second-order valence-electron chi connectivity index (χ2n) is 3.97. The molecule has 17 heavy (non-hydrogen) atoms. The van der Waals surface area contributed by atoms with Gasteiger partial charge in [0.15, 0.2) is 0 Å². The van der Waals surface area contributed by atoms with Crippen LogP contribution in [0.1, 0.15) is 12.8 Å². The number of hydrogen-bond donors (Lipinski definition) is 1. The molecular formula is C10H12BrClN4O. The van der Waals surface area contributed by atoms with E-state index in [0.29, 0.717) is 0 Å². The summed E-state index contributed by atoms with van der Waals surface area (Å²) in [5.41, 5.74) is 5.29. The monoisotopic (exact) mass is 318 g/mol. The van der Waals surface area contributed by atoms with Crippen LogP contribution >= 0.6 is 27.5 Å². The molecule has 1 aliphatic heterocycles. The molecule has 0 aromatic carbocycles. The van der Waals surface area contributed by atoms with Crippen molar-refractivity contribution in [3.8, 4) is 0 Å². The standard InChI is InChI=1S/C10H12BrClN4O/c11-7-5-14-10(12)15-9(7)16-3-1-6(2-4-16)8(13)17/h5-6H,1-4H2,(H2,13,17). The molecule has 5 nitrogen and oxygen atoms in total. The van der Waals surface area contributed by atoms with Crippen molar-refractivity contribution in [3.05, 3.63) is 16.0 Å². The third kappa shape index (κ3) is 2.87. The SMILES string of the molecule is NC(=O)C1CCN(c2nc(Cl)ncc2Br)CC1. The molecule has 0 spiro atoms. The molecule has 2 N–H and O–H groups in total. The van der Waals surface area contributed by atoms with Gasteiger partial charge in [0.1, 0.15) is 5.82 Å². The topological polar surface area (TPSA) is 72.1 Å². The van der Waals surface area contributed by atoms with Crippen LogP contribution in [-0.2, 0) is 4.79 Å². The van der Waals surface area contributed by atoms with Gasteiger partial charge in [-0.2, -0.15) is 4.98 Å². The fourth-order valence-corrected chi connectivity index (χ4v) is 2.51. The molecule has 2 heterocycles.